The van der Waals surface area contributed by atoms with Crippen molar-refractivity contribution in [3.8, 4) is 10.8 Å². The molecule has 1 aliphatic heterocycles. The molecular weight excluding hydrogens is 349 g/mol. The highest BCUT2D eigenvalue weighted by molar-refractivity contribution is 7.13. The molecule has 4 rings (SSSR count). The second-order valence-corrected chi connectivity index (χ2v) is 7.51. The highest BCUT2D eigenvalue weighted by atomic mass is 32.1. The lowest BCUT2D eigenvalue weighted by Gasteiger charge is -2.21. The summed E-state index contributed by atoms with van der Waals surface area (Å²) in [5, 5.41) is 3.07. The Labute approximate surface area is 156 Å². The topological polar surface area (TPSA) is 32.5 Å². The summed E-state index contributed by atoms with van der Waals surface area (Å²) in [4.78, 5) is 9.62. The number of thiazole rings is 1. The third-order valence-electron chi connectivity index (χ3n) is 4.67. The lowest BCUT2D eigenvalue weighted by Crippen LogP contribution is -2.30. The van der Waals surface area contributed by atoms with Gasteiger partial charge in [-0.3, -0.25) is 9.80 Å². The van der Waals surface area contributed by atoms with Crippen molar-refractivity contribution in [2.24, 2.45) is 0 Å². The minimum Gasteiger partial charge on any atom is -0.462 e. The number of nitrogens with zero attached hydrogens (tertiary/aromatic N) is 3. The maximum atomic E-state index is 13.0. The number of furan rings is 1. The monoisotopic (exact) mass is 371 g/mol. The summed E-state index contributed by atoms with van der Waals surface area (Å²) < 4.78 is 18.5. The smallest absolute Gasteiger partial charge is 0.162 e. The highest BCUT2D eigenvalue weighted by Gasteiger charge is 2.17. The van der Waals surface area contributed by atoms with E-state index in [1.165, 1.54) is 17.7 Å². The largest absolute Gasteiger partial charge is 0.462 e. The van der Waals surface area contributed by atoms with Crippen molar-refractivity contribution in [1.29, 1.82) is 0 Å². The predicted molar refractivity (Wildman–Crippen MR) is 101 cm³/mol. The summed E-state index contributed by atoms with van der Waals surface area (Å²) >= 11 is 1.63. The van der Waals surface area contributed by atoms with E-state index in [1.54, 1.807) is 17.6 Å². The third-order valence-corrected chi connectivity index (χ3v) is 5.58. The molecule has 0 aliphatic carbocycles. The van der Waals surface area contributed by atoms with Gasteiger partial charge in [-0.2, -0.15) is 0 Å². The summed E-state index contributed by atoms with van der Waals surface area (Å²) in [6.45, 7) is 5.95. The van der Waals surface area contributed by atoms with E-state index in [2.05, 4.69) is 15.2 Å². The molecule has 2 aromatic heterocycles. The van der Waals surface area contributed by atoms with Crippen LogP contribution in [0.1, 0.15) is 17.7 Å². The zero-order chi connectivity index (χ0) is 17.8. The van der Waals surface area contributed by atoms with Crippen molar-refractivity contribution in [2.75, 3.05) is 26.2 Å². The average Bonchev–Trinajstić information content (AvgIpc) is 3.28. The second-order valence-electron chi connectivity index (χ2n) is 6.65. The van der Waals surface area contributed by atoms with Gasteiger partial charge in [-0.25, -0.2) is 9.37 Å². The number of hydrogen-bond acceptors (Lipinski definition) is 5. The third kappa shape index (κ3) is 4.38. The molecule has 26 heavy (non-hydrogen) atoms. The lowest BCUT2D eigenvalue weighted by molar-refractivity contribution is 0.246. The number of rotatable bonds is 5. The number of hydrogen-bond donors (Lipinski definition) is 0. The van der Waals surface area contributed by atoms with Crippen LogP contribution in [0.2, 0.25) is 0 Å². The zero-order valence-corrected chi connectivity index (χ0v) is 15.4. The van der Waals surface area contributed by atoms with Crippen LogP contribution < -0.4 is 0 Å². The zero-order valence-electron chi connectivity index (χ0n) is 14.6. The van der Waals surface area contributed by atoms with Gasteiger partial charge in [0, 0.05) is 31.6 Å². The Morgan fingerprint density at radius 2 is 1.77 bits per heavy atom. The first-order valence-corrected chi connectivity index (χ1v) is 9.82. The molecule has 0 radical (unpaired) electrons. The molecule has 136 valence electrons. The first-order valence-electron chi connectivity index (χ1n) is 8.94. The molecule has 0 bridgehead atoms. The van der Waals surface area contributed by atoms with Crippen molar-refractivity contribution in [3.63, 3.8) is 0 Å². The first kappa shape index (κ1) is 17.4. The van der Waals surface area contributed by atoms with Crippen LogP contribution in [0.25, 0.3) is 10.8 Å². The molecule has 4 nitrogen and oxygen atoms in total. The SMILES string of the molecule is Fc1ccc(CN2CCCN(Cc3csc(-c4ccco4)n3)CC2)cc1. The summed E-state index contributed by atoms with van der Waals surface area (Å²) in [6.07, 6.45) is 2.82. The molecule has 6 heteroatoms. The number of benzene rings is 1. The maximum Gasteiger partial charge on any atom is 0.162 e. The molecule has 3 heterocycles. The quantitative estimate of drug-likeness (QED) is 0.671. The molecule has 0 unspecified atom stereocenters. The van der Waals surface area contributed by atoms with Crippen molar-refractivity contribution in [1.82, 2.24) is 14.8 Å². The van der Waals surface area contributed by atoms with E-state index in [0.29, 0.717) is 0 Å². The van der Waals surface area contributed by atoms with Gasteiger partial charge in [-0.15, -0.1) is 11.3 Å². The van der Waals surface area contributed by atoms with E-state index in [1.807, 2.05) is 24.3 Å². The summed E-state index contributed by atoms with van der Waals surface area (Å²) in [5.74, 6) is 0.663. The van der Waals surface area contributed by atoms with Gasteiger partial charge in [0.15, 0.2) is 10.8 Å². The fourth-order valence-corrected chi connectivity index (χ4v) is 4.09. The van der Waals surface area contributed by atoms with Crippen molar-refractivity contribution in [3.05, 3.63) is 65.1 Å². The van der Waals surface area contributed by atoms with Crippen molar-refractivity contribution < 1.29 is 8.81 Å². The molecule has 0 N–H and O–H groups in total. The number of aromatic nitrogens is 1. The Morgan fingerprint density at radius 3 is 2.50 bits per heavy atom. The van der Waals surface area contributed by atoms with E-state index in [-0.39, 0.29) is 5.82 Å². The van der Waals surface area contributed by atoms with Crippen LogP contribution in [0.5, 0.6) is 0 Å². The van der Waals surface area contributed by atoms with Crippen LogP contribution in [-0.2, 0) is 13.1 Å². The standard InChI is InChI=1S/C20H22FN3OS/c21-17-6-4-16(5-7-17)13-23-8-2-9-24(11-10-23)14-18-15-26-20(22-18)19-3-1-12-25-19/h1,3-7,12,15H,2,8-11,13-14H2. The Bertz CT molecular complexity index is 816. The molecule has 1 aromatic carbocycles. The van der Waals surface area contributed by atoms with Crippen molar-refractivity contribution >= 4 is 11.3 Å². The predicted octanol–water partition coefficient (Wildman–Crippen LogP) is 4.25. The molecule has 1 aliphatic rings. The summed E-state index contributed by atoms with van der Waals surface area (Å²) in [7, 11) is 0. The van der Waals surface area contributed by atoms with E-state index < -0.39 is 0 Å². The molecule has 3 aromatic rings. The van der Waals surface area contributed by atoms with Crippen LogP contribution in [0.4, 0.5) is 4.39 Å². The molecule has 0 spiro atoms. The van der Waals surface area contributed by atoms with Crippen LogP contribution in [0.15, 0.2) is 52.5 Å². The average molecular weight is 371 g/mol. The van der Waals surface area contributed by atoms with Gasteiger partial charge < -0.3 is 4.42 Å². The van der Waals surface area contributed by atoms with E-state index in [9.17, 15) is 4.39 Å². The van der Waals surface area contributed by atoms with E-state index in [4.69, 9.17) is 9.40 Å². The Morgan fingerprint density at radius 1 is 1.00 bits per heavy atom. The lowest BCUT2D eigenvalue weighted by atomic mass is 10.2. The Kier molecular flexibility index (Phi) is 5.43. The van der Waals surface area contributed by atoms with E-state index >= 15 is 0 Å². The van der Waals surface area contributed by atoms with Gasteiger partial charge >= 0.3 is 0 Å². The molecule has 0 amide bonds. The minimum absolute atomic E-state index is 0.173. The van der Waals surface area contributed by atoms with Gasteiger partial charge in [-0.05, 0) is 49.3 Å². The second kappa shape index (κ2) is 8.12. The maximum absolute atomic E-state index is 13.0. The molecule has 0 atom stereocenters. The van der Waals surface area contributed by atoms with Gasteiger partial charge in [0.1, 0.15) is 5.82 Å². The first-order chi connectivity index (χ1) is 12.8. The normalized spacial score (nSPS) is 16.7. The Balaban J connectivity index is 1.31. The van der Waals surface area contributed by atoms with Crippen molar-refractivity contribution in [2.45, 2.75) is 19.5 Å². The molecule has 0 saturated carbocycles. The molecule has 1 fully saturated rings. The minimum atomic E-state index is -0.173. The van der Waals surface area contributed by atoms with Gasteiger partial charge in [0.2, 0.25) is 0 Å². The molecular formula is C20H22FN3OS. The fourth-order valence-electron chi connectivity index (χ4n) is 3.31. The number of halogens is 1. The molecule has 1 saturated heterocycles. The van der Waals surface area contributed by atoms with Crippen LogP contribution in [0.3, 0.4) is 0 Å². The van der Waals surface area contributed by atoms with Crippen LogP contribution >= 0.6 is 11.3 Å². The fraction of sp³-hybridized carbons (Fsp3) is 0.350. The summed E-state index contributed by atoms with van der Waals surface area (Å²) in [5.41, 5.74) is 2.27. The van der Waals surface area contributed by atoms with Crippen LogP contribution in [-0.4, -0.2) is 41.0 Å². The Hall–Kier alpha value is -2.02. The summed E-state index contributed by atoms with van der Waals surface area (Å²) in [6, 6.07) is 10.7. The van der Waals surface area contributed by atoms with Gasteiger partial charge in [0.25, 0.3) is 0 Å². The van der Waals surface area contributed by atoms with Gasteiger partial charge in [0.05, 0.1) is 12.0 Å². The van der Waals surface area contributed by atoms with Crippen LogP contribution in [0, 0.1) is 5.82 Å². The van der Waals surface area contributed by atoms with E-state index in [0.717, 1.165) is 62.2 Å². The highest BCUT2D eigenvalue weighted by Crippen LogP contribution is 2.24. The van der Waals surface area contributed by atoms with Gasteiger partial charge in [-0.1, -0.05) is 12.1 Å².